The zero-order chi connectivity index (χ0) is 17.7. The van der Waals surface area contributed by atoms with Gasteiger partial charge < -0.3 is 9.88 Å². The smallest absolute Gasteiger partial charge is 0.252 e. The van der Waals surface area contributed by atoms with Crippen molar-refractivity contribution in [2.24, 2.45) is 5.92 Å². The van der Waals surface area contributed by atoms with Crippen LogP contribution in [-0.4, -0.2) is 46.9 Å². The molecule has 2 aromatic rings. The Bertz CT molecular complexity index is 902. The lowest BCUT2D eigenvalue weighted by molar-refractivity contribution is -0.138. The molecule has 1 aromatic heterocycles. The number of fused-ring (bicyclic) bond motifs is 5. The molecule has 3 aliphatic rings. The third-order valence-electron chi connectivity index (χ3n) is 5.80. The van der Waals surface area contributed by atoms with Gasteiger partial charge in [-0.05, 0) is 49.8 Å². The average molecular weight is 339 g/mol. The fourth-order valence-corrected chi connectivity index (χ4v) is 4.47. The van der Waals surface area contributed by atoms with Crippen LogP contribution in [-0.2, 0) is 11.3 Å². The van der Waals surface area contributed by atoms with Gasteiger partial charge in [-0.15, -0.1) is 0 Å². The highest BCUT2D eigenvalue weighted by Gasteiger charge is 2.38. The highest BCUT2D eigenvalue weighted by molar-refractivity contribution is 5.83. The van der Waals surface area contributed by atoms with Crippen molar-refractivity contribution in [3.8, 4) is 0 Å². The largest absolute Gasteiger partial charge is 0.341 e. The van der Waals surface area contributed by atoms with E-state index in [2.05, 4.69) is 28.9 Å². The summed E-state index contributed by atoms with van der Waals surface area (Å²) in [6.45, 7) is 6.31. The van der Waals surface area contributed by atoms with Crippen LogP contribution in [0.15, 0.2) is 23.0 Å². The summed E-state index contributed by atoms with van der Waals surface area (Å²) in [5.41, 5.74) is 3.98. The first-order valence-electron chi connectivity index (χ1n) is 9.04. The van der Waals surface area contributed by atoms with Gasteiger partial charge in [-0.2, -0.15) is 0 Å². The molecule has 1 N–H and O–H groups in total. The summed E-state index contributed by atoms with van der Waals surface area (Å²) in [6.07, 6.45) is 2.03. The summed E-state index contributed by atoms with van der Waals surface area (Å²) in [6, 6.07) is 6.50. The van der Waals surface area contributed by atoms with Crippen molar-refractivity contribution in [2.75, 3.05) is 20.1 Å². The number of rotatable bonds is 2. The molecule has 0 radical (unpaired) electrons. The van der Waals surface area contributed by atoms with E-state index in [9.17, 15) is 9.59 Å². The van der Waals surface area contributed by atoms with Crippen molar-refractivity contribution in [3.05, 3.63) is 45.2 Å². The normalized spacial score (nSPS) is 24.1. The van der Waals surface area contributed by atoms with Gasteiger partial charge in [0.15, 0.2) is 0 Å². The van der Waals surface area contributed by atoms with Gasteiger partial charge in [0.2, 0.25) is 5.91 Å². The van der Waals surface area contributed by atoms with Gasteiger partial charge in [-0.1, -0.05) is 11.6 Å². The van der Waals surface area contributed by atoms with Gasteiger partial charge in [0.1, 0.15) is 0 Å². The van der Waals surface area contributed by atoms with E-state index in [-0.39, 0.29) is 23.4 Å². The van der Waals surface area contributed by atoms with E-state index in [0.29, 0.717) is 6.54 Å². The molecule has 4 heterocycles. The lowest BCUT2D eigenvalue weighted by Gasteiger charge is -2.32. The van der Waals surface area contributed by atoms with E-state index in [1.807, 2.05) is 24.9 Å². The predicted molar refractivity (Wildman–Crippen MR) is 98.6 cm³/mol. The van der Waals surface area contributed by atoms with Crippen molar-refractivity contribution in [2.45, 2.75) is 39.3 Å². The second kappa shape index (κ2) is 5.99. The molecule has 0 unspecified atom stereocenters. The molecule has 2 atom stereocenters. The average Bonchev–Trinajstić information content (AvgIpc) is 2.82. The summed E-state index contributed by atoms with van der Waals surface area (Å²) in [5, 5.41) is 1.08. The van der Waals surface area contributed by atoms with Gasteiger partial charge in [0.05, 0.1) is 11.4 Å². The molecule has 2 bridgehead atoms. The van der Waals surface area contributed by atoms with Crippen LogP contribution in [0, 0.1) is 19.8 Å². The van der Waals surface area contributed by atoms with Crippen LogP contribution < -0.4 is 5.56 Å². The fraction of sp³-hybridized carbons (Fsp3) is 0.500. The number of benzene rings is 1. The van der Waals surface area contributed by atoms with Gasteiger partial charge in [-0.25, -0.2) is 0 Å². The van der Waals surface area contributed by atoms with Gasteiger partial charge in [0, 0.05) is 38.3 Å². The van der Waals surface area contributed by atoms with E-state index >= 15 is 0 Å². The zero-order valence-corrected chi connectivity index (χ0v) is 15.1. The summed E-state index contributed by atoms with van der Waals surface area (Å²) >= 11 is 0. The van der Waals surface area contributed by atoms with E-state index in [1.165, 1.54) is 5.56 Å². The van der Waals surface area contributed by atoms with Gasteiger partial charge in [-0.3, -0.25) is 14.5 Å². The number of carbonyl (C=O) groups is 1. The third kappa shape index (κ3) is 2.86. The molecule has 5 nitrogen and oxygen atoms in total. The summed E-state index contributed by atoms with van der Waals surface area (Å²) < 4.78 is 0. The Morgan fingerprint density at radius 1 is 1.12 bits per heavy atom. The minimum Gasteiger partial charge on any atom is -0.341 e. The maximum absolute atomic E-state index is 12.6. The Hall–Kier alpha value is -2.14. The predicted octanol–water partition coefficient (Wildman–Crippen LogP) is 2.20. The Morgan fingerprint density at radius 3 is 2.72 bits per heavy atom. The lowest BCUT2D eigenvalue weighted by Crippen LogP contribution is -2.45. The highest BCUT2D eigenvalue weighted by atomic mass is 16.2. The van der Waals surface area contributed by atoms with Crippen molar-refractivity contribution in [1.29, 1.82) is 0 Å². The Kier molecular flexibility index (Phi) is 3.91. The number of pyridine rings is 1. The molecule has 1 aromatic carbocycles. The number of piperidine rings is 1. The van der Waals surface area contributed by atoms with Crippen LogP contribution in [0.25, 0.3) is 10.9 Å². The highest BCUT2D eigenvalue weighted by Crippen LogP contribution is 2.28. The molecule has 5 heteroatoms. The summed E-state index contributed by atoms with van der Waals surface area (Å²) in [7, 11) is 1.91. The number of aromatic nitrogens is 1. The molecule has 3 saturated heterocycles. The van der Waals surface area contributed by atoms with Crippen LogP contribution in [0.2, 0.25) is 0 Å². The molecule has 1 amide bonds. The third-order valence-corrected chi connectivity index (χ3v) is 5.80. The number of carbonyl (C=O) groups excluding carboxylic acids is 1. The molecule has 3 aliphatic heterocycles. The lowest BCUT2D eigenvalue weighted by atomic mass is 9.95. The molecule has 0 saturated carbocycles. The molecular formula is C20H25N3O2. The molecular weight excluding hydrogens is 314 g/mol. The minimum absolute atomic E-state index is 0.0178. The van der Waals surface area contributed by atoms with Crippen molar-refractivity contribution < 1.29 is 4.79 Å². The van der Waals surface area contributed by atoms with E-state index in [1.54, 1.807) is 0 Å². The number of hydrogen-bond acceptors (Lipinski definition) is 3. The van der Waals surface area contributed by atoms with Gasteiger partial charge >= 0.3 is 0 Å². The number of nitrogens with one attached hydrogen (secondary N) is 1. The van der Waals surface area contributed by atoms with Crippen molar-refractivity contribution >= 4 is 16.8 Å². The number of aromatic amines is 1. The first kappa shape index (κ1) is 16.3. The van der Waals surface area contributed by atoms with E-state index in [0.717, 1.165) is 48.0 Å². The van der Waals surface area contributed by atoms with Crippen LogP contribution in [0.3, 0.4) is 0 Å². The first-order valence-corrected chi connectivity index (χ1v) is 9.04. The Labute approximate surface area is 147 Å². The van der Waals surface area contributed by atoms with Crippen LogP contribution in [0.4, 0.5) is 0 Å². The molecule has 5 rings (SSSR count). The number of hydrogen-bond donors (Lipinski definition) is 1. The van der Waals surface area contributed by atoms with Crippen LogP contribution in [0.5, 0.6) is 0 Å². The number of H-pyrrole nitrogens is 1. The molecule has 0 spiro atoms. The number of amides is 1. The maximum atomic E-state index is 12.6. The second-order valence-corrected chi connectivity index (χ2v) is 7.74. The standard InChI is InChI=1S/C20H25N3O2/c1-12-6-13(2)18-15(7-12)8-16(19(24)21-18)10-23-9-14-4-5-17(11-23)22(3)20(14)25/h6-8,14,17H,4-5,9-11H2,1-3H3,(H,21,24)/t14-,17+/m1/s1. The molecule has 132 valence electrons. The SMILES string of the molecule is Cc1cc(C)c2[nH]c(=O)c(CN3C[C@H]4CC[C@@H](C3)N(C)C4=O)cc2c1. The van der Waals surface area contributed by atoms with Crippen molar-refractivity contribution in [3.63, 3.8) is 0 Å². The van der Waals surface area contributed by atoms with Crippen LogP contribution >= 0.6 is 0 Å². The minimum atomic E-state index is -0.0178. The monoisotopic (exact) mass is 339 g/mol. The summed E-state index contributed by atoms with van der Waals surface area (Å²) in [5.74, 6) is 0.338. The fourth-order valence-electron chi connectivity index (χ4n) is 4.47. The maximum Gasteiger partial charge on any atom is 0.252 e. The Morgan fingerprint density at radius 2 is 1.92 bits per heavy atom. The van der Waals surface area contributed by atoms with E-state index < -0.39 is 0 Å². The zero-order valence-electron chi connectivity index (χ0n) is 15.1. The topological polar surface area (TPSA) is 56.4 Å². The second-order valence-electron chi connectivity index (χ2n) is 7.74. The molecule has 3 fully saturated rings. The van der Waals surface area contributed by atoms with Gasteiger partial charge in [0.25, 0.3) is 5.56 Å². The number of aryl methyl sites for hydroxylation is 2. The first-order chi connectivity index (χ1) is 11.9. The Balaban J connectivity index is 1.66. The van der Waals surface area contributed by atoms with Crippen LogP contribution in [0.1, 0.15) is 29.5 Å². The number of likely N-dealkylation sites (N-methyl/N-ethyl adjacent to an activating group) is 1. The number of nitrogens with zero attached hydrogens (tertiary/aromatic N) is 2. The molecule has 0 aliphatic carbocycles. The van der Waals surface area contributed by atoms with Crippen molar-refractivity contribution in [1.82, 2.24) is 14.8 Å². The van der Waals surface area contributed by atoms with E-state index in [4.69, 9.17) is 0 Å². The quantitative estimate of drug-likeness (QED) is 0.912. The molecule has 25 heavy (non-hydrogen) atoms. The summed E-state index contributed by atoms with van der Waals surface area (Å²) in [4.78, 5) is 32.2.